The topological polar surface area (TPSA) is 32.3 Å². The van der Waals surface area contributed by atoms with Gasteiger partial charge in [0, 0.05) is 46.6 Å². The molecule has 4 rings (SSSR count). The Hall–Kier alpha value is -1.55. The minimum Gasteiger partial charge on any atom is -0.326 e. The third kappa shape index (κ3) is 4.07. The van der Waals surface area contributed by atoms with Crippen molar-refractivity contribution in [3.8, 4) is 0 Å². The van der Waals surface area contributed by atoms with E-state index in [1.165, 1.54) is 5.57 Å². The van der Waals surface area contributed by atoms with E-state index >= 15 is 0 Å². The molecule has 1 heterocycles. The predicted molar refractivity (Wildman–Crippen MR) is 117 cm³/mol. The molecule has 0 bridgehead atoms. The average Bonchev–Trinajstić information content (AvgIpc) is 3.17. The summed E-state index contributed by atoms with van der Waals surface area (Å²) in [5, 5.41) is 4.60. The maximum atomic E-state index is 12.8. The Labute approximate surface area is 177 Å². The maximum Gasteiger partial charge on any atom is 0.227 e. The van der Waals surface area contributed by atoms with Gasteiger partial charge in [-0.3, -0.25) is 4.79 Å². The van der Waals surface area contributed by atoms with Crippen LogP contribution < -0.4 is 5.32 Å². The van der Waals surface area contributed by atoms with Gasteiger partial charge < -0.3 is 10.2 Å². The van der Waals surface area contributed by atoms with Crippen LogP contribution >= 0.6 is 23.2 Å². The molecule has 0 aromatic heterocycles. The van der Waals surface area contributed by atoms with E-state index in [0.29, 0.717) is 5.03 Å². The molecule has 3 nitrogen and oxygen atoms in total. The Morgan fingerprint density at radius 2 is 1.93 bits per heavy atom. The van der Waals surface area contributed by atoms with Gasteiger partial charge in [0.1, 0.15) is 0 Å². The fraction of sp³-hybridized carbons (Fsp3) is 0.435. The van der Waals surface area contributed by atoms with Gasteiger partial charge in [-0.15, -0.1) is 0 Å². The Morgan fingerprint density at radius 3 is 2.71 bits per heavy atom. The van der Waals surface area contributed by atoms with Gasteiger partial charge >= 0.3 is 0 Å². The first-order valence-corrected chi connectivity index (χ1v) is 10.8. The third-order valence-electron chi connectivity index (χ3n) is 6.16. The number of hydrogen-bond acceptors (Lipinski definition) is 2. The van der Waals surface area contributed by atoms with Crippen molar-refractivity contribution in [1.29, 1.82) is 0 Å². The lowest BCUT2D eigenvalue weighted by atomic mass is 9.77. The summed E-state index contributed by atoms with van der Waals surface area (Å²) in [6.07, 6.45) is 10.2. The van der Waals surface area contributed by atoms with E-state index in [0.717, 1.165) is 55.1 Å². The third-order valence-corrected chi connectivity index (χ3v) is 6.75. The number of nitrogens with zero attached hydrogens (tertiary/aromatic N) is 1. The van der Waals surface area contributed by atoms with E-state index in [2.05, 4.69) is 29.4 Å². The zero-order valence-electron chi connectivity index (χ0n) is 16.1. The second-order valence-electron chi connectivity index (χ2n) is 8.15. The fourth-order valence-corrected chi connectivity index (χ4v) is 5.29. The van der Waals surface area contributed by atoms with Crippen LogP contribution in [0.15, 0.2) is 58.1 Å². The summed E-state index contributed by atoms with van der Waals surface area (Å²) in [5.41, 5.74) is 3.27. The van der Waals surface area contributed by atoms with Crippen LogP contribution in [0.5, 0.6) is 0 Å². The van der Waals surface area contributed by atoms with Crippen molar-refractivity contribution in [1.82, 2.24) is 4.90 Å². The van der Waals surface area contributed by atoms with Crippen LogP contribution in [0, 0.1) is 11.8 Å². The average molecular weight is 417 g/mol. The molecule has 1 aromatic rings. The molecule has 2 unspecified atom stereocenters. The molecule has 1 aliphatic heterocycles. The highest BCUT2D eigenvalue weighted by atomic mass is 35.5. The number of fused-ring (bicyclic) bond motifs is 1. The van der Waals surface area contributed by atoms with Gasteiger partial charge in [-0.25, -0.2) is 0 Å². The van der Waals surface area contributed by atoms with E-state index in [4.69, 9.17) is 23.2 Å². The number of carbonyl (C=O) groups excluding carboxylic acids is 1. The number of piperidine rings is 1. The molecule has 2 atom stereocenters. The van der Waals surface area contributed by atoms with Gasteiger partial charge in [-0.2, -0.15) is 0 Å². The number of hydrogen-bond donors (Lipinski definition) is 1. The Bertz CT molecular complexity index is 852. The quantitative estimate of drug-likeness (QED) is 0.690. The molecule has 1 saturated heterocycles. The number of carbonyl (C=O) groups is 1. The first kappa shape index (κ1) is 19.8. The van der Waals surface area contributed by atoms with Crippen LogP contribution in [0.2, 0.25) is 0 Å². The molecule has 148 valence electrons. The number of halogens is 2. The van der Waals surface area contributed by atoms with Crippen LogP contribution in [-0.2, 0) is 4.79 Å². The van der Waals surface area contributed by atoms with Crippen LogP contribution in [0.3, 0.4) is 0 Å². The number of likely N-dealkylation sites (N-methyl/N-ethyl adjacent to an activating group) is 1. The van der Waals surface area contributed by atoms with E-state index in [9.17, 15) is 4.79 Å². The SMILES string of the molecule is CN1CC2=C(Cl)C=C(Cl)C=CC2C(c2ccccc2NC(=O)C2CCCC2)C1. The predicted octanol–water partition coefficient (Wildman–Crippen LogP) is 5.65. The maximum absolute atomic E-state index is 12.8. The van der Waals surface area contributed by atoms with Crippen molar-refractivity contribution in [3.63, 3.8) is 0 Å². The number of allylic oxidation sites excluding steroid dienone is 5. The molecule has 0 radical (unpaired) electrons. The second kappa shape index (κ2) is 8.44. The molecule has 1 saturated carbocycles. The number of nitrogens with one attached hydrogen (secondary N) is 1. The molecular formula is C23H26Cl2N2O. The Morgan fingerprint density at radius 1 is 1.18 bits per heavy atom. The smallest absolute Gasteiger partial charge is 0.227 e. The van der Waals surface area contributed by atoms with Crippen LogP contribution in [0.25, 0.3) is 0 Å². The highest BCUT2D eigenvalue weighted by Crippen LogP contribution is 2.43. The molecular weight excluding hydrogens is 391 g/mol. The standard InChI is InChI=1S/C23H26Cl2N2O/c1-27-13-19(17-11-10-16(24)12-21(25)20(17)14-27)18-8-4-5-9-22(18)26-23(28)15-6-2-3-7-15/h4-5,8-12,15,17,19H,2-3,6-7,13-14H2,1H3,(H,26,28). The van der Waals surface area contributed by atoms with Crippen molar-refractivity contribution in [2.45, 2.75) is 31.6 Å². The number of rotatable bonds is 3. The normalized spacial score (nSPS) is 26.0. The minimum atomic E-state index is 0.146. The number of likely N-dealkylation sites (tertiary alicyclic amines) is 1. The molecule has 5 heteroatoms. The molecule has 1 N–H and O–H groups in total. The zero-order valence-corrected chi connectivity index (χ0v) is 17.6. The highest BCUT2D eigenvalue weighted by Gasteiger charge is 2.34. The van der Waals surface area contributed by atoms with Crippen molar-refractivity contribution in [2.24, 2.45) is 11.8 Å². The number of amides is 1. The molecule has 1 aromatic carbocycles. The molecule has 2 fully saturated rings. The van der Waals surface area contributed by atoms with E-state index < -0.39 is 0 Å². The molecule has 3 aliphatic rings. The van der Waals surface area contributed by atoms with E-state index in [1.807, 2.05) is 30.4 Å². The Kier molecular flexibility index (Phi) is 5.96. The van der Waals surface area contributed by atoms with Crippen LogP contribution in [-0.4, -0.2) is 30.9 Å². The van der Waals surface area contributed by atoms with E-state index in [1.54, 1.807) is 0 Å². The van der Waals surface area contributed by atoms with Crippen LogP contribution in [0.4, 0.5) is 5.69 Å². The molecule has 1 amide bonds. The van der Waals surface area contributed by atoms with Crippen molar-refractivity contribution in [3.05, 3.63) is 63.7 Å². The van der Waals surface area contributed by atoms with Crippen molar-refractivity contribution in [2.75, 3.05) is 25.5 Å². The van der Waals surface area contributed by atoms with Crippen molar-refractivity contribution < 1.29 is 4.79 Å². The Balaban J connectivity index is 1.67. The lowest BCUT2D eigenvalue weighted by molar-refractivity contribution is -0.119. The van der Waals surface area contributed by atoms with Gasteiger partial charge in [-0.05, 0) is 49.2 Å². The second-order valence-corrected chi connectivity index (χ2v) is 8.99. The summed E-state index contributed by atoms with van der Waals surface area (Å²) in [7, 11) is 2.11. The zero-order chi connectivity index (χ0) is 19.7. The summed E-state index contributed by atoms with van der Waals surface area (Å²) < 4.78 is 0. The van der Waals surface area contributed by atoms with Gasteiger partial charge in [0.2, 0.25) is 5.91 Å². The van der Waals surface area contributed by atoms with Crippen molar-refractivity contribution >= 4 is 34.8 Å². The molecule has 28 heavy (non-hydrogen) atoms. The molecule has 2 aliphatic carbocycles. The summed E-state index contributed by atoms with van der Waals surface area (Å²) in [6.45, 7) is 1.72. The molecule has 0 spiro atoms. The summed E-state index contributed by atoms with van der Waals surface area (Å²) >= 11 is 12.9. The number of para-hydroxylation sites is 1. The summed E-state index contributed by atoms with van der Waals surface area (Å²) in [4.78, 5) is 15.0. The number of anilines is 1. The van der Waals surface area contributed by atoms with Gasteiger partial charge in [0.15, 0.2) is 0 Å². The lowest BCUT2D eigenvalue weighted by Gasteiger charge is -2.39. The first-order valence-electron chi connectivity index (χ1n) is 10.0. The monoisotopic (exact) mass is 416 g/mol. The van der Waals surface area contributed by atoms with Crippen LogP contribution in [0.1, 0.15) is 37.2 Å². The van der Waals surface area contributed by atoms with Gasteiger partial charge in [0.05, 0.1) is 0 Å². The number of benzene rings is 1. The summed E-state index contributed by atoms with van der Waals surface area (Å²) in [6, 6.07) is 8.19. The largest absolute Gasteiger partial charge is 0.326 e. The minimum absolute atomic E-state index is 0.146. The highest BCUT2D eigenvalue weighted by molar-refractivity contribution is 6.35. The van der Waals surface area contributed by atoms with Gasteiger partial charge in [-0.1, -0.05) is 60.3 Å². The fourth-order valence-electron chi connectivity index (χ4n) is 4.74. The first-order chi connectivity index (χ1) is 13.5. The van der Waals surface area contributed by atoms with E-state index in [-0.39, 0.29) is 23.7 Å². The lowest BCUT2D eigenvalue weighted by Crippen LogP contribution is -2.38. The van der Waals surface area contributed by atoms with Gasteiger partial charge in [0.25, 0.3) is 0 Å². The summed E-state index contributed by atoms with van der Waals surface area (Å²) in [5.74, 6) is 0.673.